The maximum Gasteiger partial charge on any atom is 0.123 e. The molecule has 0 bridgehead atoms. The Hall–Kier alpha value is -1.26. The minimum absolute atomic E-state index is 0.239. The summed E-state index contributed by atoms with van der Waals surface area (Å²) in [4.78, 5) is 2.56. The van der Waals surface area contributed by atoms with Crippen LogP contribution in [0.3, 0.4) is 0 Å². The summed E-state index contributed by atoms with van der Waals surface area (Å²) in [7, 11) is 5.43. The van der Waals surface area contributed by atoms with E-state index in [0.717, 1.165) is 29.5 Å². The van der Waals surface area contributed by atoms with Gasteiger partial charge >= 0.3 is 0 Å². The van der Waals surface area contributed by atoms with E-state index >= 15 is 0 Å². The van der Waals surface area contributed by atoms with Crippen molar-refractivity contribution in [1.82, 2.24) is 10.2 Å². The molecule has 0 aliphatic carbocycles. The highest BCUT2D eigenvalue weighted by Gasteiger charge is 2.29. The molecular weight excluding hydrogens is 264 g/mol. The van der Waals surface area contributed by atoms with E-state index in [-0.39, 0.29) is 6.04 Å². The van der Waals surface area contributed by atoms with Crippen molar-refractivity contribution in [1.29, 1.82) is 0 Å². The highest BCUT2D eigenvalue weighted by Crippen LogP contribution is 2.32. The largest absolute Gasteiger partial charge is 0.497 e. The quantitative estimate of drug-likeness (QED) is 0.874. The Morgan fingerprint density at radius 1 is 1.29 bits per heavy atom. The Morgan fingerprint density at radius 2 is 2.05 bits per heavy atom. The molecule has 0 aromatic heterocycles. The molecule has 1 heterocycles. The number of likely N-dealkylation sites (tertiary alicyclic amines) is 1. The summed E-state index contributed by atoms with van der Waals surface area (Å²) < 4.78 is 10.9. The van der Waals surface area contributed by atoms with Crippen LogP contribution in [-0.2, 0) is 0 Å². The van der Waals surface area contributed by atoms with Crippen molar-refractivity contribution in [2.45, 2.75) is 32.4 Å². The lowest BCUT2D eigenvalue weighted by Crippen LogP contribution is -2.36. The van der Waals surface area contributed by atoms with Crippen molar-refractivity contribution in [3.8, 4) is 11.5 Å². The van der Waals surface area contributed by atoms with Crippen LogP contribution < -0.4 is 14.8 Å². The molecule has 1 fully saturated rings. The van der Waals surface area contributed by atoms with Gasteiger partial charge in [-0.1, -0.05) is 6.92 Å². The van der Waals surface area contributed by atoms with E-state index in [9.17, 15) is 0 Å². The predicted molar refractivity (Wildman–Crippen MR) is 86.2 cm³/mol. The molecule has 21 heavy (non-hydrogen) atoms. The molecule has 1 aliphatic rings. The van der Waals surface area contributed by atoms with Gasteiger partial charge < -0.3 is 14.8 Å². The van der Waals surface area contributed by atoms with Crippen LogP contribution in [0, 0.1) is 5.92 Å². The molecule has 4 nitrogen and oxygen atoms in total. The molecule has 0 spiro atoms. The number of hydrogen-bond donors (Lipinski definition) is 1. The Labute approximate surface area is 128 Å². The fourth-order valence-electron chi connectivity index (χ4n) is 3.33. The minimum atomic E-state index is 0.239. The monoisotopic (exact) mass is 292 g/mol. The third kappa shape index (κ3) is 3.69. The molecule has 1 aliphatic heterocycles. The number of benzene rings is 1. The Bertz CT molecular complexity index is 464. The van der Waals surface area contributed by atoms with Crippen LogP contribution in [0.1, 0.15) is 31.9 Å². The van der Waals surface area contributed by atoms with Crippen molar-refractivity contribution in [3.05, 3.63) is 23.8 Å². The summed E-state index contributed by atoms with van der Waals surface area (Å²) in [6, 6.07) is 6.88. The fraction of sp³-hybridized carbons (Fsp3) is 0.647. The lowest BCUT2D eigenvalue weighted by molar-refractivity contribution is 0.235. The minimum Gasteiger partial charge on any atom is -0.497 e. The van der Waals surface area contributed by atoms with Gasteiger partial charge in [0.25, 0.3) is 0 Å². The first-order valence-electron chi connectivity index (χ1n) is 7.72. The van der Waals surface area contributed by atoms with E-state index < -0.39 is 0 Å². The van der Waals surface area contributed by atoms with Gasteiger partial charge in [-0.25, -0.2) is 0 Å². The van der Waals surface area contributed by atoms with Crippen LogP contribution in [0.2, 0.25) is 0 Å². The Balaban J connectivity index is 2.20. The molecule has 0 radical (unpaired) electrons. The first-order chi connectivity index (χ1) is 10.1. The first kappa shape index (κ1) is 16.1. The van der Waals surface area contributed by atoms with E-state index in [0.29, 0.717) is 6.04 Å². The normalized spacial score (nSPS) is 24.0. The predicted octanol–water partition coefficient (Wildman–Crippen LogP) is 2.69. The maximum absolute atomic E-state index is 5.53. The van der Waals surface area contributed by atoms with E-state index in [1.165, 1.54) is 13.0 Å². The average molecular weight is 292 g/mol. The lowest BCUT2D eigenvalue weighted by atomic mass is 10.0. The van der Waals surface area contributed by atoms with Crippen molar-refractivity contribution >= 4 is 0 Å². The zero-order valence-corrected chi connectivity index (χ0v) is 13.8. The Morgan fingerprint density at radius 3 is 2.57 bits per heavy atom. The number of ether oxygens (including phenoxy) is 2. The zero-order chi connectivity index (χ0) is 15.4. The number of rotatable bonds is 6. The van der Waals surface area contributed by atoms with E-state index in [4.69, 9.17) is 9.47 Å². The second-order valence-corrected chi connectivity index (χ2v) is 6.09. The van der Waals surface area contributed by atoms with Crippen molar-refractivity contribution in [3.63, 3.8) is 0 Å². The van der Waals surface area contributed by atoms with Gasteiger partial charge in [-0.15, -0.1) is 0 Å². The van der Waals surface area contributed by atoms with Gasteiger partial charge in [-0.3, -0.25) is 4.90 Å². The lowest BCUT2D eigenvalue weighted by Gasteiger charge is -2.28. The van der Waals surface area contributed by atoms with Crippen LogP contribution in [0.5, 0.6) is 11.5 Å². The molecule has 118 valence electrons. The maximum atomic E-state index is 5.53. The van der Waals surface area contributed by atoms with Gasteiger partial charge in [0.05, 0.1) is 14.2 Å². The van der Waals surface area contributed by atoms with E-state index in [2.05, 4.69) is 30.1 Å². The van der Waals surface area contributed by atoms with Crippen LogP contribution >= 0.6 is 0 Å². The zero-order valence-electron chi connectivity index (χ0n) is 13.8. The molecule has 3 atom stereocenters. The first-order valence-corrected chi connectivity index (χ1v) is 7.72. The van der Waals surface area contributed by atoms with Gasteiger partial charge in [-0.05, 0) is 44.5 Å². The van der Waals surface area contributed by atoms with Gasteiger partial charge in [0, 0.05) is 30.7 Å². The molecule has 2 rings (SSSR count). The third-order valence-corrected chi connectivity index (χ3v) is 4.49. The summed E-state index contributed by atoms with van der Waals surface area (Å²) in [6.45, 7) is 6.81. The van der Waals surface area contributed by atoms with Crippen LogP contribution in [0.25, 0.3) is 0 Å². The molecular formula is C17H28N2O2. The summed E-state index contributed by atoms with van der Waals surface area (Å²) in [6.07, 6.45) is 1.28. The number of hydrogen-bond acceptors (Lipinski definition) is 4. The summed E-state index contributed by atoms with van der Waals surface area (Å²) >= 11 is 0. The molecule has 1 saturated heterocycles. The van der Waals surface area contributed by atoms with Crippen LogP contribution in [0.15, 0.2) is 18.2 Å². The fourth-order valence-corrected chi connectivity index (χ4v) is 3.33. The van der Waals surface area contributed by atoms with Gasteiger partial charge in [0.2, 0.25) is 0 Å². The number of nitrogens with one attached hydrogen (secondary N) is 1. The number of likely N-dealkylation sites (N-methyl/N-ethyl adjacent to an activating group) is 1. The van der Waals surface area contributed by atoms with Crippen molar-refractivity contribution in [2.75, 3.05) is 34.4 Å². The highest BCUT2D eigenvalue weighted by atomic mass is 16.5. The highest BCUT2D eigenvalue weighted by molar-refractivity contribution is 5.42. The molecule has 1 aromatic rings. The summed E-state index contributed by atoms with van der Waals surface area (Å²) in [5.74, 6) is 2.56. The number of methoxy groups -OCH3 is 2. The molecule has 1 aromatic carbocycles. The molecule has 1 N–H and O–H groups in total. The van der Waals surface area contributed by atoms with E-state index in [1.54, 1.807) is 14.2 Å². The van der Waals surface area contributed by atoms with Gasteiger partial charge in [0.15, 0.2) is 0 Å². The average Bonchev–Trinajstić information content (AvgIpc) is 2.81. The summed E-state index contributed by atoms with van der Waals surface area (Å²) in [5, 5.41) is 3.43. The summed E-state index contributed by atoms with van der Waals surface area (Å²) in [5.41, 5.74) is 1.16. The van der Waals surface area contributed by atoms with Crippen molar-refractivity contribution < 1.29 is 9.47 Å². The second-order valence-electron chi connectivity index (χ2n) is 6.09. The standard InChI is InChI=1S/C17H28N2O2/c1-12-8-13(2)19(10-12)11-16(18-3)15-9-14(20-4)6-7-17(15)21-5/h6-7,9,12-13,16,18H,8,10-11H2,1-5H3. The second kappa shape index (κ2) is 7.14. The molecule has 3 unspecified atom stereocenters. The molecule has 0 amide bonds. The molecule has 4 heteroatoms. The number of nitrogens with zero attached hydrogens (tertiary/aromatic N) is 1. The van der Waals surface area contributed by atoms with Gasteiger partial charge in [-0.2, -0.15) is 0 Å². The third-order valence-electron chi connectivity index (χ3n) is 4.49. The Kier molecular flexibility index (Phi) is 5.48. The smallest absolute Gasteiger partial charge is 0.123 e. The van der Waals surface area contributed by atoms with Crippen molar-refractivity contribution in [2.24, 2.45) is 5.92 Å². The van der Waals surface area contributed by atoms with Crippen LogP contribution in [-0.4, -0.2) is 45.3 Å². The SMILES string of the molecule is CNC(CN1CC(C)CC1C)c1cc(OC)ccc1OC. The topological polar surface area (TPSA) is 33.7 Å². The van der Waals surface area contributed by atoms with Gasteiger partial charge in [0.1, 0.15) is 11.5 Å². The van der Waals surface area contributed by atoms with E-state index in [1.807, 2.05) is 19.2 Å². The van der Waals surface area contributed by atoms with Crippen LogP contribution in [0.4, 0.5) is 0 Å². The molecule has 0 saturated carbocycles.